The van der Waals surface area contributed by atoms with Crippen LogP contribution < -0.4 is 5.32 Å². The molecule has 0 aliphatic heterocycles. The van der Waals surface area contributed by atoms with E-state index in [0.717, 1.165) is 0 Å². The molecule has 1 aromatic carbocycles. The van der Waals surface area contributed by atoms with Crippen LogP contribution in [0, 0.1) is 5.41 Å². The first kappa shape index (κ1) is 15.6. The van der Waals surface area contributed by atoms with Gasteiger partial charge in [0.1, 0.15) is 0 Å². The van der Waals surface area contributed by atoms with Crippen LogP contribution in [0.3, 0.4) is 0 Å². The molecule has 0 amide bonds. The van der Waals surface area contributed by atoms with Crippen LogP contribution in [0.2, 0.25) is 0 Å². The molecule has 1 unspecified atom stereocenters. The Hall–Kier alpha value is -0.820. The summed E-state index contributed by atoms with van der Waals surface area (Å²) in [4.78, 5) is 0. The highest BCUT2D eigenvalue weighted by atomic mass is 14.9. The average molecular weight is 273 g/mol. The van der Waals surface area contributed by atoms with Crippen molar-refractivity contribution in [3.63, 3.8) is 0 Å². The van der Waals surface area contributed by atoms with Gasteiger partial charge in [-0.05, 0) is 48.1 Å². The standard InChI is InChI=1S/C19H31N/c1-6-19(12-7-13-19)14-20-15(2)16-8-10-17(11-9-16)18(3,4)5/h8-11,15,20H,6-7,12-14H2,1-5H3. The Labute approximate surface area is 125 Å². The number of nitrogens with one attached hydrogen (secondary N) is 1. The molecule has 1 fully saturated rings. The maximum Gasteiger partial charge on any atom is 0.0292 e. The summed E-state index contributed by atoms with van der Waals surface area (Å²) in [6.07, 6.45) is 5.55. The van der Waals surface area contributed by atoms with Gasteiger partial charge in [0.25, 0.3) is 0 Å². The molecule has 1 aliphatic rings. The van der Waals surface area contributed by atoms with Gasteiger partial charge in [0.15, 0.2) is 0 Å². The predicted octanol–water partition coefficient (Wildman–Crippen LogP) is 5.22. The van der Waals surface area contributed by atoms with Gasteiger partial charge >= 0.3 is 0 Å². The van der Waals surface area contributed by atoms with Crippen molar-refractivity contribution in [3.05, 3.63) is 35.4 Å². The Balaban J connectivity index is 1.94. The minimum absolute atomic E-state index is 0.243. The first-order valence-corrected chi connectivity index (χ1v) is 8.20. The first-order valence-electron chi connectivity index (χ1n) is 8.20. The van der Waals surface area contributed by atoms with E-state index < -0.39 is 0 Å². The molecule has 0 saturated heterocycles. The fourth-order valence-electron chi connectivity index (χ4n) is 3.09. The van der Waals surface area contributed by atoms with Crippen LogP contribution in [0.4, 0.5) is 0 Å². The third-order valence-corrected chi connectivity index (χ3v) is 5.22. The molecule has 0 radical (unpaired) electrons. The van der Waals surface area contributed by atoms with Crippen molar-refractivity contribution < 1.29 is 0 Å². The highest BCUT2D eigenvalue weighted by Crippen LogP contribution is 2.43. The lowest BCUT2D eigenvalue weighted by atomic mass is 9.67. The lowest BCUT2D eigenvalue weighted by Crippen LogP contribution is -2.40. The van der Waals surface area contributed by atoms with E-state index in [1.54, 1.807) is 0 Å². The number of hydrogen-bond acceptors (Lipinski definition) is 1. The fraction of sp³-hybridized carbons (Fsp3) is 0.684. The molecule has 1 heteroatoms. The van der Waals surface area contributed by atoms with E-state index in [2.05, 4.69) is 64.2 Å². The van der Waals surface area contributed by atoms with E-state index in [1.807, 2.05) is 0 Å². The zero-order chi connectivity index (χ0) is 14.8. The molecule has 1 atom stereocenters. The van der Waals surface area contributed by atoms with Crippen molar-refractivity contribution in [2.75, 3.05) is 6.54 Å². The van der Waals surface area contributed by atoms with E-state index in [1.165, 1.54) is 43.4 Å². The SMILES string of the molecule is CCC1(CNC(C)c2ccc(C(C)(C)C)cc2)CCC1. The third-order valence-electron chi connectivity index (χ3n) is 5.22. The van der Waals surface area contributed by atoms with Gasteiger partial charge in [-0.1, -0.05) is 58.4 Å². The predicted molar refractivity (Wildman–Crippen MR) is 88.1 cm³/mol. The lowest BCUT2D eigenvalue weighted by Gasteiger charge is -2.42. The molecule has 1 N–H and O–H groups in total. The quantitative estimate of drug-likeness (QED) is 0.776. The normalized spacial score (nSPS) is 19.4. The Morgan fingerprint density at radius 2 is 1.75 bits per heavy atom. The van der Waals surface area contributed by atoms with Crippen LogP contribution in [0.15, 0.2) is 24.3 Å². The van der Waals surface area contributed by atoms with Gasteiger partial charge in [0, 0.05) is 12.6 Å². The largest absolute Gasteiger partial charge is 0.310 e. The second-order valence-corrected chi connectivity index (χ2v) is 7.68. The van der Waals surface area contributed by atoms with Gasteiger partial charge in [-0.2, -0.15) is 0 Å². The van der Waals surface area contributed by atoms with Crippen molar-refractivity contribution in [2.24, 2.45) is 5.41 Å². The summed E-state index contributed by atoms with van der Waals surface area (Å²) in [7, 11) is 0. The minimum Gasteiger partial charge on any atom is -0.310 e. The Bertz CT molecular complexity index is 415. The molecule has 0 spiro atoms. The van der Waals surface area contributed by atoms with Crippen LogP contribution in [0.5, 0.6) is 0 Å². The maximum absolute atomic E-state index is 3.75. The molecule has 112 valence electrons. The van der Waals surface area contributed by atoms with Crippen LogP contribution in [0.25, 0.3) is 0 Å². The molecule has 0 bridgehead atoms. The summed E-state index contributed by atoms with van der Waals surface area (Å²) in [5, 5.41) is 3.75. The van der Waals surface area contributed by atoms with Crippen molar-refractivity contribution in [3.8, 4) is 0 Å². The Morgan fingerprint density at radius 3 is 2.15 bits per heavy atom. The van der Waals surface area contributed by atoms with Crippen molar-refractivity contribution in [1.29, 1.82) is 0 Å². The molecule has 1 nitrogen and oxygen atoms in total. The second-order valence-electron chi connectivity index (χ2n) is 7.68. The Morgan fingerprint density at radius 1 is 1.15 bits per heavy atom. The van der Waals surface area contributed by atoms with Gasteiger partial charge in [-0.25, -0.2) is 0 Å². The molecule has 0 heterocycles. The van der Waals surface area contributed by atoms with E-state index in [9.17, 15) is 0 Å². The lowest BCUT2D eigenvalue weighted by molar-refractivity contribution is 0.120. The highest BCUT2D eigenvalue weighted by molar-refractivity contribution is 5.29. The minimum atomic E-state index is 0.243. The molecule has 1 aliphatic carbocycles. The smallest absolute Gasteiger partial charge is 0.0292 e. The van der Waals surface area contributed by atoms with Crippen LogP contribution >= 0.6 is 0 Å². The van der Waals surface area contributed by atoms with Gasteiger partial charge in [0.2, 0.25) is 0 Å². The van der Waals surface area contributed by atoms with Gasteiger partial charge in [-0.15, -0.1) is 0 Å². The topological polar surface area (TPSA) is 12.0 Å². The average Bonchev–Trinajstić information content (AvgIpc) is 2.37. The van der Waals surface area contributed by atoms with Gasteiger partial charge < -0.3 is 5.32 Å². The second kappa shape index (κ2) is 5.89. The van der Waals surface area contributed by atoms with E-state index >= 15 is 0 Å². The zero-order valence-corrected chi connectivity index (χ0v) is 13.9. The molecular formula is C19H31N. The molecule has 1 aromatic rings. The first-order chi connectivity index (χ1) is 9.36. The van der Waals surface area contributed by atoms with Crippen molar-refractivity contribution >= 4 is 0 Å². The number of hydrogen-bond donors (Lipinski definition) is 1. The highest BCUT2D eigenvalue weighted by Gasteiger charge is 2.34. The molecule has 1 saturated carbocycles. The van der Waals surface area contributed by atoms with E-state index in [-0.39, 0.29) is 5.41 Å². The molecule has 2 rings (SSSR count). The van der Waals surface area contributed by atoms with E-state index in [4.69, 9.17) is 0 Å². The summed E-state index contributed by atoms with van der Waals surface area (Å²) in [5.74, 6) is 0. The number of rotatable bonds is 5. The molecule has 0 aromatic heterocycles. The van der Waals surface area contributed by atoms with E-state index in [0.29, 0.717) is 11.5 Å². The maximum atomic E-state index is 3.75. The van der Waals surface area contributed by atoms with Crippen LogP contribution in [-0.4, -0.2) is 6.54 Å². The number of benzene rings is 1. The fourth-order valence-corrected chi connectivity index (χ4v) is 3.09. The monoisotopic (exact) mass is 273 g/mol. The van der Waals surface area contributed by atoms with Gasteiger partial charge in [0.05, 0.1) is 0 Å². The Kier molecular flexibility index (Phi) is 4.59. The van der Waals surface area contributed by atoms with Crippen molar-refractivity contribution in [1.82, 2.24) is 5.32 Å². The molecular weight excluding hydrogens is 242 g/mol. The summed E-state index contributed by atoms with van der Waals surface area (Å²) in [6.45, 7) is 12.6. The van der Waals surface area contributed by atoms with Crippen molar-refractivity contribution in [2.45, 2.75) is 71.8 Å². The van der Waals surface area contributed by atoms with Crippen LogP contribution in [-0.2, 0) is 5.41 Å². The molecule has 20 heavy (non-hydrogen) atoms. The van der Waals surface area contributed by atoms with Gasteiger partial charge in [-0.3, -0.25) is 0 Å². The summed E-state index contributed by atoms with van der Waals surface area (Å²) in [6, 6.07) is 9.60. The van der Waals surface area contributed by atoms with Crippen LogP contribution in [0.1, 0.15) is 77.5 Å². The third kappa shape index (κ3) is 3.44. The summed E-state index contributed by atoms with van der Waals surface area (Å²) in [5.41, 5.74) is 3.66. The summed E-state index contributed by atoms with van der Waals surface area (Å²) >= 11 is 0. The summed E-state index contributed by atoms with van der Waals surface area (Å²) < 4.78 is 0. The zero-order valence-electron chi connectivity index (χ0n) is 13.9.